The van der Waals surface area contributed by atoms with Crippen molar-refractivity contribution in [2.24, 2.45) is 0 Å². The molecule has 4 aromatic carbocycles. The van der Waals surface area contributed by atoms with Crippen molar-refractivity contribution in [2.45, 2.75) is 32.1 Å². The third-order valence-corrected chi connectivity index (χ3v) is 11.6. The monoisotopic (exact) mass is 832 g/mol. The maximum Gasteiger partial charge on any atom is 0.269 e. The predicted molar refractivity (Wildman–Crippen MR) is 248 cm³/mol. The van der Waals surface area contributed by atoms with E-state index in [1.165, 1.54) is 24.3 Å². The Labute approximate surface area is 361 Å². The second kappa shape index (κ2) is 16.7. The van der Waals surface area contributed by atoms with Gasteiger partial charge in [0.05, 0.1) is 45.8 Å². The summed E-state index contributed by atoms with van der Waals surface area (Å²) in [4.78, 5) is 40.9. The lowest BCUT2D eigenvalue weighted by atomic mass is 10.0. The maximum atomic E-state index is 11.8. The van der Waals surface area contributed by atoms with E-state index in [1.54, 1.807) is 24.3 Å². The highest BCUT2D eigenvalue weighted by Crippen LogP contribution is 2.42. The highest BCUT2D eigenvalue weighted by atomic mass is 16.6. The summed E-state index contributed by atoms with van der Waals surface area (Å²) in [5.41, 5.74) is 11.9. The van der Waals surface area contributed by atoms with Crippen molar-refractivity contribution in [1.82, 2.24) is 19.9 Å². The molecule has 0 saturated carbocycles. The van der Waals surface area contributed by atoms with E-state index in [1.807, 2.05) is 97.1 Å². The number of para-hydroxylation sites is 2. The number of non-ortho nitro benzene ring substituents is 2. The van der Waals surface area contributed by atoms with E-state index in [4.69, 9.17) is 19.4 Å². The number of nitrogens with one attached hydrogen (secondary N) is 2. The lowest BCUT2D eigenvalue weighted by molar-refractivity contribution is -0.385. The number of aromatic nitrogens is 4. The number of H-pyrrole nitrogens is 2. The van der Waals surface area contributed by atoms with Gasteiger partial charge in [-0.1, -0.05) is 55.7 Å². The van der Waals surface area contributed by atoms with E-state index in [0.29, 0.717) is 36.0 Å². The Kier molecular flexibility index (Phi) is 10.4. The third-order valence-electron chi connectivity index (χ3n) is 11.6. The van der Waals surface area contributed by atoms with Gasteiger partial charge in [0, 0.05) is 79.7 Å². The summed E-state index contributed by atoms with van der Waals surface area (Å²) in [6, 6.07) is 37.0. The topological polar surface area (TPSA) is 162 Å². The number of nitro groups is 2. The van der Waals surface area contributed by atoms with Crippen LogP contribution in [0.5, 0.6) is 11.5 Å². The number of fused-ring (bicyclic) bond motifs is 10. The van der Waals surface area contributed by atoms with Crippen LogP contribution in [0.15, 0.2) is 121 Å². The molecule has 0 spiro atoms. The van der Waals surface area contributed by atoms with Gasteiger partial charge in [0.15, 0.2) is 0 Å². The van der Waals surface area contributed by atoms with Crippen LogP contribution in [-0.4, -0.2) is 43.0 Å². The zero-order valence-corrected chi connectivity index (χ0v) is 34.0. The second-order valence-electron chi connectivity index (χ2n) is 15.6. The first kappa shape index (κ1) is 39.0. The van der Waals surface area contributed by atoms with E-state index in [9.17, 15) is 20.2 Å². The maximum absolute atomic E-state index is 11.8. The minimum Gasteiger partial charge on any atom is -0.493 e. The van der Waals surface area contributed by atoms with Gasteiger partial charge in [0.2, 0.25) is 0 Å². The molecule has 0 fully saturated rings. The van der Waals surface area contributed by atoms with Crippen LogP contribution in [0.2, 0.25) is 0 Å². The molecule has 63 heavy (non-hydrogen) atoms. The third kappa shape index (κ3) is 7.63. The van der Waals surface area contributed by atoms with E-state index in [-0.39, 0.29) is 11.4 Å². The number of benzene rings is 4. The van der Waals surface area contributed by atoms with Crippen molar-refractivity contribution >= 4 is 57.7 Å². The molecule has 12 heteroatoms. The number of hydrogen-bond donors (Lipinski definition) is 2. The number of nitrogens with zero attached hydrogens (tertiary/aromatic N) is 4. The summed E-state index contributed by atoms with van der Waals surface area (Å²) in [7, 11) is 0. The molecule has 0 saturated heterocycles. The van der Waals surface area contributed by atoms with E-state index >= 15 is 0 Å². The Bertz CT molecular complexity index is 2950. The standard InChI is InChI=1S/C51H40N6O6/c58-56(59)34-18-14-32(15-19-34)48-38-22-26-42(52-38)50-36-10-4-6-12-46(36)62-30-8-2-1-3-9-31-63-47-13-7-5-11-37(47)51(44-28-24-40(48)54-44)45-29-25-41(55-45)49(39-23-27-43(50)53-39)33-16-20-35(21-17-33)57(60)61/h4-7,10-29,52,55H,1-3,8-9,30-31H2. The molecule has 12 nitrogen and oxygen atoms in total. The fourth-order valence-electron chi connectivity index (χ4n) is 8.58. The minimum atomic E-state index is -0.403. The fourth-order valence-corrected chi connectivity index (χ4v) is 8.58. The van der Waals surface area contributed by atoms with Gasteiger partial charge in [0.1, 0.15) is 11.5 Å². The van der Waals surface area contributed by atoms with Crippen LogP contribution in [0, 0.1) is 20.2 Å². The highest BCUT2D eigenvalue weighted by Gasteiger charge is 2.22. The SMILES string of the molecule is O=[N+]([O-])c1ccc(-c2c3nc(c4c5ccc([nH]5)c(-c5ccc([N+](=O)[O-])cc5)c5nc(c(c6ccc2[nH]6)-c2ccccc2OCCCCCCCOc2ccccc2-4)C=C5)C=C3)cc1. The number of ether oxygens (including phenoxy) is 2. The van der Waals surface area contributed by atoms with Crippen molar-refractivity contribution in [2.75, 3.05) is 13.2 Å². The molecule has 3 aromatic heterocycles. The van der Waals surface area contributed by atoms with E-state index < -0.39 is 9.85 Å². The normalized spacial score (nSPS) is 13.7. The van der Waals surface area contributed by atoms with Crippen LogP contribution >= 0.6 is 0 Å². The van der Waals surface area contributed by atoms with Gasteiger partial charge in [0.25, 0.3) is 11.4 Å². The Balaban J connectivity index is 1.37. The van der Waals surface area contributed by atoms with Crippen LogP contribution in [0.1, 0.15) is 54.9 Å². The second-order valence-corrected chi connectivity index (χ2v) is 15.6. The average molecular weight is 833 g/mol. The lowest BCUT2D eigenvalue weighted by Crippen LogP contribution is -2.01. The summed E-state index contributed by atoms with van der Waals surface area (Å²) in [5, 5.41) is 23.5. The van der Waals surface area contributed by atoms with Crippen molar-refractivity contribution in [3.63, 3.8) is 0 Å². The van der Waals surface area contributed by atoms with Crippen LogP contribution in [0.25, 0.3) is 90.9 Å². The zero-order chi connectivity index (χ0) is 42.9. The molecule has 6 heterocycles. The van der Waals surface area contributed by atoms with Crippen LogP contribution in [-0.2, 0) is 0 Å². The molecule has 2 N–H and O–H groups in total. The quantitative estimate of drug-likeness (QED) is 0.131. The van der Waals surface area contributed by atoms with Crippen molar-refractivity contribution in [3.05, 3.63) is 164 Å². The summed E-state index contributed by atoms with van der Waals surface area (Å²) >= 11 is 0. The molecular weight excluding hydrogens is 793 g/mol. The van der Waals surface area contributed by atoms with Crippen molar-refractivity contribution in [1.29, 1.82) is 0 Å². The van der Waals surface area contributed by atoms with E-state index in [2.05, 4.69) is 9.97 Å². The summed E-state index contributed by atoms with van der Waals surface area (Å²) in [6.45, 7) is 1.08. The number of hydrogen-bond acceptors (Lipinski definition) is 8. The van der Waals surface area contributed by atoms with Gasteiger partial charge in [-0.3, -0.25) is 20.2 Å². The molecule has 7 aromatic rings. The molecule has 0 atom stereocenters. The molecular formula is C51H40N6O6. The van der Waals surface area contributed by atoms with Gasteiger partial charge in [-0.15, -0.1) is 0 Å². The molecule has 310 valence electrons. The summed E-state index contributed by atoms with van der Waals surface area (Å²) in [5.74, 6) is 1.44. The molecule has 3 aliphatic rings. The lowest BCUT2D eigenvalue weighted by Gasteiger charge is -2.14. The minimum absolute atomic E-state index is 0.0134. The Morgan fingerprint density at radius 1 is 0.429 bits per heavy atom. The zero-order valence-electron chi connectivity index (χ0n) is 34.0. The largest absolute Gasteiger partial charge is 0.493 e. The van der Waals surface area contributed by atoms with E-state index in [0.717, 1.165) is 110 Å². The molecule has 10 bridgehead atoms. The Morgan fingerprint density at radius 2 is 0.778 bits per heavy atom. The van der Waals surface area contributed by atoms with Crippen molar-refractivity contribution in [3.8, 4) is 56.0 Å². The average Bonchev–Trinajstić information content (AvgIpc) is 4.15. The first-order valence-electron chi connectivity index (χ1n) is 21.0. The molecule has 0 amide bonds. The first-order chi connectivity index (χ1) is 30.9. The van der Waals surface area contributed by atoms with Gasteiger partial charge >= 0.3 is 0 Å². The Hall–Kier alpha value is -8.12. The number of aromatic amines is 2. The smallest absolute Gasteiger partial charge is 0.269 e. The number of nitro benzene ring substituents is 2. The van der Waals surface area contributed by atoms with Gasteiger partial charge in [-0.05, 0) is 109 Å². The molecule has 3 aliphatic heterocycles. The predicted octanol–water partition coefficient (Wildman–Crippen LogP) is 12.9. The van der Waals surface area contributed by atoms with Crippen molar-refractivity contribution < 1.29 is 19.3 Å². The first-order valence-corrected chi connectivity index (χ1v) is 21.0. The summed E-state index contributed by atoms with van der Waals surface area (Å²) in [6.07, 6.45) is 12.8. The van der Waals surface area contributed by atoms with Gasteiger partial charge in [-0.25, -0.2) is 9.97 Å². The molecule has 0 radical (unpaired) electrons. The highest BCUT2D eigenvalue weighted by molar-refractivity contribution is 6.00. The number of rotatable bonds is 4. The van der Waals surface area contributed by atoms with Gasteiger partial charge in [-0.2, -0.15) is 0 Å². The van der Waals surface area contributed by atoms with Crippen LogP contribution in [0.3, 0.4) is 0 Å². The van der Waals surface area contributed by atoms with Gasteiger partial charge < -0.3 is 19.4 Å². The fraction of sp³-hybridized carbons (Fsp3) is 0.137. The molecule has 10 rings (SSSR count). The van der Waals surface area contributed by atoms with Crippen LogP contribution < -0.4 is 9.47 Å². The molecule has 0 aliphatic carbocycles. The van der Waals surface area contributed by atoms with Crippen LogP contribution in [0.4, 0.5) is 11.4 Å². The summed E-state index contributed by atoms with van der Waals surface area (Å²) < 4.78 is 13.1. The Morgan fingerprint density at radius 3 is 1.17 bits per heavy atom. The molecule has 0 unspecified atom stereocenters.